The molecule has 1 fully saturated rings. The van der Waals surface area contributed by atoms with Gasteiger partial charge in [-0.05, 0) is 51.5 Å². The number of carbonyl (C=O) groups excluding carboxylic acids is 1. The van der Waals surface area contributed by atoms with E-state index in [9.17, 15) is 13.2 Å². The van der Waals surface area contributed by atoms with Crippen molar-refractivity contribution < 1.29 is 17.9 Å². The lowest BCUT2D eigenvalue weighted by Gasteiger charge is -2.34. The van der Waals surface area contributed by atoms with Gasteiger partial charge in [0.15, 0.2) is 0 Å². The normalized spacial score (nSPS) is 23.7. The van der Waals surface area contributed by atoms with Crippen molar-refractivity contribution in [1.82, 2.24) is 9.62 Å². The molecular weight excluding hydrogens is 354 g/mol. The molecule has 0 aliphatic carbocycles. The van der Waals surface area contributed by atoms with Gasteiger partial charge in [0, 0.05) is 18.7 Å². The van der Waals surface area contributed by atoms with Crippen LogP contribution in [0.4, 0.5) is 0 Å². The molecule has 26 heavy (non-hydrogen) atoms. The zero-order valence-corrected chi connectivity index (χ0v) is 16.3. The van der Waals surface area contributed by atoms with Crippen LogP contribution in [0.25, 0.3) is 0 Å². The number of hydrogen-bond acceptors (Lipinski definition) is 5. The van der Waals surface area contributed by atoms with Crippen molar-refractivity contribution in [2.45, 2.75) is 56.8 Å². The number of benzene rings is 1. The molecule has 1 saturated heterocycles. The van der Waals surface area contributed by atoms with Crippen LogP contribution in [-0.4, -0.2) is 49.5 Å². The second-order valence-electron chi connectivity index (χ2n) is 6.86. The van der Waals surface area contributed by atoms with Crippen molar-refractivity contribution in [1.29, 1.82) is 5.26 Å². The highest BCUT2D eigenvalue weighted by atomic mass is 32.2. The minimum Gasteiger partial charge on any atom is -0.373 e. The first-order valence-electron chi connectivity index (χ1n) is 8.60. The van der Waals surface area contributed by atoms with E-state index in [0.29, 0.717) is 25.1 Å². The molecule has 2 rings (SSSR count). The topological polar surface area (TPSA) is 99.5 Å². The van der Waals surface area contributed by atoms with Crippen molar-refractivity contribution in [2.24, 2.45) is 0 Å². The zero-order chi connectivity index (χ0) is 19.5. The van der Waals surface area contributed by atoms with E-state index >= 15 is 0 Å². The summed E-state index contributed by atoms with van der Waals surface area (Å²) < 4.78 is 32.6. The summed E-state index contributed by atoms with van der Waals surface area (Å²) in [7, 11) is -3.65. The zero-order valence-electron chi connectivity index (χ0n) is 15.5. The van der Waals surface area contributed by atoms with Crippen LogP contribution in [-0.2, 0) is 14.8 Å². The van der Waals surface area contributed by atoms with E-state index in [1.54, 1.807) is 6.92 Å². The van der Waals surface area contributed by atoms with Crippen LogP contribution in [0, 0.1) is 11.3 Å². The molecule has 1 heterocycles. The number of amides is 1. The van der Waals surface area contributed by atoms with Crippen molar-refractivity contribution in [3.63, 3.8) is 0 Å². The molecule has 3 atom stereocenters. The Kier molecular flexibility index (Phi) is 6.06. The summed E-state index contributed by atoms with van der Waals surface area (Å²) in [6, 6.07) is 7.83. The lowest BCUT2D eigenvalue weighted by atomic mass is 10.0. The third-order valence-electron chi connectivity index (χ3n) is 4.48. The van der Waals surface area contributed by atoms with Gasteiger partial charge in [-0.1, -0.05) is 6.92 Å². The Morgan fingerprint density at radius 1 is 1.31 bits per heavy atom. The van der Waals surface area contributed by atoms with Gasteiger partial charge in [-0.3, -0.25) is 4.79 Å². The quantitative estimate of drug-likeness (QED) is 0.842. The molecular formula is C18H25N3O4S. The van der Waals surface area contributed by atoms with Gasteiger partial charge in [0.05, 0.1) is 23.2 Å². The summed E-state index contributed by atoms with van der Waals surface area (Å²) >= 11 is 0. The third kappa shape index (κ3) is 4.41. The monoisotopic (exact) mass is 379 g/mol. The largest absolute Gasteiger partial charge is 0.373 e. The number of rotatable bonds is 5. The number of carbonyl (C=O) groups is 1. The standard InChI is InChI=1S/C18H25N3O4S/c1-5-18(4,12-19)20-17(22)15-6-8-16(9-7-15)26(23,24)21-10-13(2)25-14(3)11-21/h6-9,13-14H,5,10-11H2,1-4H3,(H,20,22)/t13-,14+,18-/m1/s1. The number of nitrogens with one attached hydrogen (secondary N) is 1. The first-order valence-corrected chi connectivity index (χ1v) is 10.0. The maximum atomic E-state index is 12.8. The Morgan fingerprint density at radius 2 is 1.85 bits per heavy atom. The number of sulfonamides is 1. The van der Waals surface area contributed by atoms with E-state index in [0.717, 1.165) is 0 Å². The number of nitrogens with zero attached hydrogens (tertiary/aromatic N) is 2. The molecule has 0 spiro atoms. The minimum atomic E-state index is -3.65. The Morgan fingerprint density at radius 3 is 2.31 bits per heavy atom. The number of ether oxygens (including phenoxy) is 1. The van der Waals surface area contributed by atoms with Crippen LogP contribution < -0.4 is 5.32 Å². The van der Waals surface area contributed by atoms with Crippen molar-refractivity contribution in [2.75, 3.05) is 13.1 Å². The fourth-order valence-electron chi connectivity index (χ4n) is 2.77. The Labute approximate surface area is 155 Å². The molecule has 1 aromatic carbocycles. The predicted molar refractivity (Wildman–Crippen MR) is 97.0 cm³/mol. The fourth-order valence-corrected chi connectivity index (χ4v) is 4.36. The maximum Gasteiger partial charge on any atom is 0.252 e. The van der Waals surface area contributed by atoms with Gasteiger partial charge in [-0.25, -0.2) is 8.42 Å². The summed E-state index contributed by atoms with van der Waals surface area (Å²) in [5.41, 5.74) is -0.648. The van der Waals surface area contributed by atoms with Gasteiger partial charge in [0.1, 0.15) is 5.54 Å². The number of nitriles is 1. The summed E-state index contributed by atoms with van der Waals surface area (Å²) in [5.74, 6) is -0.409. The van der Waals surface area contributed by atoms with Gasteiger partial charge in [0.2, 0.25) is 10.0 Å². The number of morpholine rings is 1. The highest BCUT2D eigenvalue weighted by Crippen LogP contribution is 2.21. The summed E-state index contributed by atoms with van der Waals surface area (Å²) in [5, 5.41) is 11.8. The molecule has 7 nitrogen and oxygen atoms in total. The average Bonchev–Trinajstić information content (AvgIpc) is 2.60. The highest BCUT2D eigenvalue weighted by molar-refractivity contribution is 7.89. The summed E-state index contributed by atoms with van der Waals surface area (Å²) in [6.07, 6.45) is 0.127. The SMILES string of the molecule is CC[C@](C)(C#N)NC(=O)c1ccc(S(=O)(=O)N2C[C@@H](C)O[C@@H](C)C2)cc1. The summed E-state index contributed by atoms with van der Waals surface area (Å²) in [4.78, 5) is 12.4. The third-order valence-corrected chi connectivity index (χ3v) is 6.33. The van der Waals surface area contributed by atoms with Crippen molar-refractivity contribution in [3.05, 3.63) is 29.8 Å². The van der Waals surface area contributed by atoms with Crippen LogP contribution in [0.3, 0.4) is 0 Å². The average molecular weight is 379 g/mol. The van der Waals surface area contributed by atoms with Crippen LogP contribution in [0.5, 0.6) is 0 Å². The molecule has 1 amide bonds. The van der Waals surface area contributed by atoms with Gasteiger partial charge >= 0.3 is 0 Å². The summed E-state index contributed by atoms with van der Waals surface area (Å²) in [6.45, 7) is 7.73. The lowest BCUT2D eigenvalue weighted by Crippen LogP contribution is -2.48. The second kappa shape index (κ2) is 7.74. The highest BCUT2D eigenvalue weighted by Gasteiger charge is 2.32. The van der Waals surface area contributed by atoms with E-state index in [1.807, 2.05) is 20.8 Å². The van der Waals surface area contributed by atoms with Crippen molar-refractivity contribution >= 4 is 15.9 Å². The van der Waals surface area contributed by atoms with Crippen molar-refractivity contribution in [3.8, 4) is 6.07 Å². The van der Waals surface area contributed by atoms with E-state index in [-0.39, 0.29) is 17.1 Å². The fraction of sp³-hybridized carbons (Fsp3) is 0.556. The Bertz CT molecular complexity index is 791. The van der Waals surface area contributed by atoms with E-state index in [4.69, 9.17) is 10.00 Å². The Balaban J connectivity index is 2.18. The Hall–Kier alpha value is -1.95. The van der Waals surface area contributed by atoms with E-state index in [2.05, 4.69) is 11.4 Å². The molecule has 1 aromatic rings. The first kappa shape index (κ1) is 20.4. The maximum absolute atomic E-state index is 12.8. The van der Waals surface area contributed by atoms with E-state index in [1.165, 1.54) is 28.6 Å². The van der Waals surface area contributed by atoms with E-state index < -0.39 is 21.5 Å². The van der Waals surface area contributed by atoms with Gasteiger partial charge in [-0.2, -0.15) is 9.57 Å². The molecule has 0 radical (unpaired) electrons. The molecule has 8 heteroatoms. The van der Waals surface area contributed by atoms with Crippen LogP contribution in [0.1, 0.15) is 44.5 Å². The molecule has 0 saturated carbocycles. The van der Waals surface area contributed by atoms with Gasteiger partial charge in [0.25, 0.3) is 5.91 Å². The van der Waals surface area contributed by atoms with Gasteiger partial charge < -0.3 is 10.1 Å². The molecule has 0 unspecified atom stereocenters. The minimum absolute atomic E-state index is 0.133. The lowest BCUT2D eigenvalue weighted by molar-refractivity contribution is -0.0440. The first-order chi connectivity index (χ1) is 12.1. The second-order valence-corrected chi connectivity index (χ2v) is 8.79. The number of hydrogen-bond donors (Lipinski definition) is 1. The van der Waals surface area contributed by atoms with Crippen LogP contribution >= 0.6 is 0 Å². The van der Waals surface area contributed by atoms with Crippen LogP contribution in [0.15, 0.2) is 29.2 Å². The molecule has 0 bridgehead atoms. The molecule has 1 N–H and O–H groups in total. The molecule has 142 valence electrons. The molecule has 1 aliphatic rings. The van der Waals surface area contributed by atoms with Gasteiger partial charge in [-0.15, -0.1) is 0 Å². The smallest absolute Gasteiger partial charge is 0.252 e. The molecule has 0 aromatic heterocycles. The predicted octanol–water partition coefficient (Wildman–Crippen LogP) is 1.91. The van der Waals surface area contributed by atoms with Crippen LogP contribution in [0.2, 0.25) is 0 Å². The molecule has 1 aliphatic heterocycles.